The fourth-order valence-corrected chi connectivity index (χ4v) is 2.30. The molecule has 0 aliphatic rings. The second-order valence-corrected chi connectivity index (χ2v) is 5.36. The molecule has 0 amide bonds. The number of nitrogens with zero attached hydrogens (tertiary/aromatic N) is 3. The molecule has 0 atom stereocenters. The Bertz CT molecular complexity index is 600. The van der Waals surface area contributed by atoms with Crippen molar-refractivity contribution in [1.29, 1.82) is 10.5 Å². The Balaban J connectivity index is 3.47. The zero-order valence-electron chi connectivity index (χ0n) is 11.5. The van der Waals surface area contributed by atoms with Crippen LogP contribution in [0.2, 0.25) is 5.02 Å². The maximum Gasteiger partial charge on any atom is 0.137 e. The molecular weight excluding hydrogens is 290 g/mol. The number of hydrogen-bond donors (Lipinski definition) is 0. The maximum absolute atomic E-state index is 9.13. The quantitative estimate of drug-likeness (QED) is 0.625. The summed E-state index contributed by atoms with van der Waals surface area (Å²) < 4.78 is 0. The molecule has 1 aromatic rings. The molecule has 0 saturated carbocycles. The van der Waals surface area contributed by atoms with Gasteiger partial charge in [-0.1, -0.05) is 23.7 Å². The predicted octanol–water partition coefficient (Wildman–Crippen LogP) is 3.91. The zero-order chi connectivity index (χ0) is 15.1. The van der Waals surface area contributed by atoms with Crippen molar-refractivity contribution in [3.8, 4) is 12.1 Å². The Labute approximate surface area is 128 Å². The normalized spacial score (nSPS) is 10.4. The molecule has 0 bridgehead atoms. The van der Waals surface area contributed by atoms with Crippen LogP contribution in [0.25, 0.3) is 5.57 Å². The SMILES string of the molecule is CS/C(=C\C(=C(C#N)C#N)c1ccc(Cl)cc1)N(C)C. The first kappa shape index (κ1) is 16.2. The van der Waals surface area contributed by atoms with Crippen molar-refractivity contribution in [3.63, 3.8) is 0 Å². The fourth-order valence-electron chi connectivity index (χ4n) is 1.57. The zero-order valence-corrected chi connectivity index (χ0v) is 13.1. The van der Waals surface area contributed by atoms with Gasteiger partial charge in [-0.2, -0.15) is 10.5 Å². The van der Waals surface area contributed by atoms with Gasteiger partial charge in [0.25, 0.3) is 0 Å². The van der Waals surface area contributed by atoms with Gasteiger partial charge in [0.2, 0.25) is 0 Å². The van der Waals surface area contributed by atoms with Gasteiger partial charge in [-0.3, -0.25) is 0 Å². The first-order valence-corrected chi connectivity index (χ1v) is 7.37. The Morgan fingerprint density at radius 2 is 1.75 bits per heavy atom. The van der Waals surface area contributed by atoms with Crippen LogP contribution in [0.4, 0.5) is 0 Å². The molecule has 0 aromatic heterocycles. The van der Waals surface area contributed by atoms with Gasteiger partial charge >= 0.3 is 0 Å². The average Bonchev–Trinajstić information content (AvgIpc) is 2.44. The highest BCUT2D eigenvalue weighted by Gasteiger charge is 2.09. The summed E-state index contributed by atoms with van der Waals surface area (Å²) in [6.07, 6.45) is 3.79. The first-order valence-electron chi connectivity index (χ1n) is 5.77. The van der Waals surface area contributed by atoms with Crippen LogP contribution in [-0.4, -0.2) is 25.3 Å². The molecule has 1 rings (SSSR count). The van der Waals surface area contributed by atoms with Crippen LogP contribution in [0, 0.1) is 22.7 Å². The Morgan fingerprint density at radius 1 is 1.20 bits per heavy atom. The van der Waals surface area contributed by atoms with Crippen LogP contribution in [0.15, 0.2) is 40.9 Å². The van der Waals surface area contributed by atoms with Crippen molar-refractivity contribution < 1.29 is 0 Å². The van der Waals surface area contributed by atoms with Crippen LogP contribution in [0.5, 0.6) is 0 Å². The molecule has 0 radical (unpaired) electrons. The van der Waals surface area contributed by atoms with Crippen molar-refractivity contribution in [2.24, 2.45) is 0 Å². The largest absolute Gasteiger partial charge is 0.372 e. The molecule has 0 saturated heterocycles. The number of benzene rings is 1. The second kappa shape index (κ2) is 7.65. The molecule has 5 heteroatoms. The van der Waals surface area contributed by atoms with Crippen LogP contribution < -0.4 is 0 Å². The lowest BCUT2D eigenvalue weighted by atomic mass is 10.0. The standard InChI is InChI=1S/C15H14ClN3S/c1-19(2)15(20-3)8-14(12(9-17)10-18)11-4-6-13(16)7-5-11/h4-8H,1-3H3/b15-8-. The lowest BCUT2D eigenvalue weighted by molar-refractivity contribution is 0.551. The number of nitriles is 2. The van der Waals surface area contributed by atoms with Gasteiger partial charge in [0, 0.05) is 24.7 Å². The van der Waals surface area contributed by atoms with Gasteiger partial charge in [0.05, 0.1) is 5.03 Å². The molecule has 0 fully saturated rings. The van der Waals surface area contributed by atoms with Gasteiger partial charge in [-0.15, -0.1) is 11.8 Å². The molecule has 20 heavy (non-hydrogen) atoms. The highest BCUT2D eigenvalue weighted by Crippen LogP contribution is 2.26. The molecule has 0 spiro atoms. The summed E-state index contributed by atoms with van der Waals surface area (Å²) in [5, 5.41) is 19.8. The average molecular weight is 304 g/mol. The summed E-state index contributed by atoms with van der Waals surface area (Å²) in [4.78, 5) is 1.94. The summed E-state index contributed by atoms with van der Waals surface area (Å²) in [7, 11) is 3.83. The number of thioether (sulfide) groups is 1. The summed E-state index contributed by atoms with van der Waals surface area (Å²) in [6.45, 7) is 0. The van der Waals surface area contributed by atoms with Crippen molar-refractivity contribution >= 4 is 28.9 Å². The van der Waals surface area contributed by atoms with Gasteiger partial charge in [0.1, 0.15) is 17.7 Å². The number of hydrogen-bond acceptors (Lipinski definition) is 4. The minimum atomic E-state index is 0.0840. The van der Waals surface area contributed by atoms with E-state index < -0.39 is 0 Å². The predicted molar refractivity (Wildman–Crippen MR) is 84.9 cm³/mol. The van der Waals surface area contributed by atoms with E-state index in [1.165, 1.54) is 0 Å². The third kappa shape index (κ3) is 4.06. The van der Waals surface area contributed by atoms with Crippen LogP contribution in [0.1, 0.15) is 5.56 Å². The molecule has 102 valence electrons. The number of allylic oxidation sites excluding steroid dienone is 3. The van der Waals surface area contributed by atoms with E-state index in [4.69, 9.17) is 22.1 Å². The lowest BCUT2D eigenvalue weighted by Gasteiger charge is -2.16. The minimum absolute atomic E-state index is 0.0840. The van der Waals surface area contributed by atoms with Gasteiger partial charge in [0.15, 0.2) is 0 Å². The molecule has 0 heterocycles. The maximum atomic E-state index is 9.13. The number of rotatable bonds is 4. The molecule has 3 nitrogen and oxygen atoms in total. The Morgan fingerprint density at radius 3 is 2.15 bits per heavy atom. The van der Waals surface area contributed by atoms with Crippen LogP contribution >= 0.6 is 23.4 Å². The van der Waals surface area contributed by atoms with E-state index in [1.54, 1.807) is 36.0 Å². The van der Waals surface area contributed by atoms with E-state index >= 15 is 0 Å². The molecule has 0 N–H and O–H groups in total. The van der Waals surface area contributed by atoms with E-state index in [2.05, 4.69) is 0 Å². The van der Waals surface area contributed by atoms with E-state index in [0.717, 1.165) is 10.6 Å². The van der Waals surface area contributed by atoms with Gasteiger partial charge in [-0.05, 0) is 30.0 Å². The van der Waals surface area contributed by atoms with Crippen molar-refractivity contribution in [2.75, 3.05) is 20.4 Å². The third-order valence-electron chi connectivity index (χ3n) is 2.57. The van der Waals surface area contributed by atoms with Crippen molar-refractivity contribution in [2.45, 2.75) is 0 Å². The minimum Gasteiger partial charge on any atom is -0.372 e. The van der Waals surface area contributed by atoms with Crippen molar-refractivity contribution in [3.05, 3.63) is 51.5 Å². The third-order valence-corrected chi connectivity index (χ3v) is 3.72. The van der Waals surface area contributed by atoms with Crippen LogP contribution in [-0.2, 0) is 0 Å². The molecule has 0 unspecified atom stereocenters. The lowest BCUT2D eigenvalue weighted by Crippen LogP contribution is -2.08. The second-order valence-electron chi connectivity index (χ2n) is 4.10. The van der Waals surface area contributed by atoms with Gasteiger partial charge in [-0.25, -0.2) is 0 Å². The Hall–Kier alpha value is -1.88. The van der Waals surface area contributed by atoms with E-state index in [1.807, 2.05) is 43.5 Å². The molecular formula is C15H14ClN3S. The Kier molecular flexibility index (Phi) is 6.18. The molecule has 0 aliphatic heterocycles. The highest BCUT2D eigenvalue weighted by molar-refractivity contribution is 8.02. The van der Waals surface area contributed by atoms with E-state index in [0.29, 0.717) is 10.6 Å². The van der Waals surface area contributed by atoms with Crippen molar-refractivity contribution in [1.82, 2.24) is 4.90 Å². The summed E-state index contributed by atoms with van der Waals surface area (Å²) in [6, 6.07) is 11.0. The summed E-state index contributed by atoms with van der Waals surface area (Å²) in [5.74, 6) is 0. The topological polar surface area (TPSA) is 50.8 Å². The highest BCUT2D eigenvalue weighted by atomic mass is 35.5. The van der Waals surface area contributed by atoms with Gasteiger partial charge < -0.3 is 4.90 Å². The fraction of sp³-hybridized carbons (Fsp3) is 0.200. The summed E-state index contributed by atoms with van der Waals surface area (Å²) in [5.41, 5.74) is 1.48. The molecule has 0 aliphatic carbocycles. The summed E-state index contributed by atoms with van der Waals surface area (Å²) >= 11 is 7.42. The molecule has 1 aromatic carbocycles. The monoisotopic (exact) mass is 303 g/mol. The number of halogens is 1. The van der Waals surface area contributed by atoms with E-state index in [-0.39, 0.29) is 5.57 Å². The van der Waals surface area contributed by atoms with Crippen LogP contribution in [0.3, 0.4) is 0 Å². The first-order chi connectivity index (χ1) is 9.53. The van der Waals surface area contributed by atoms with E-state index in [9.17, 15) is 0 Å². The smallest absolute Gasteiger partial charge is 0.137 e.